The van der Waals surface area contributed by atoms with Crippen LogP contribution in [0.3, 0.4) is 0 Å². The van der Waals surface area contributed by atoms with E-state index in [1.807, 2.05) is 39.8 Å². The van der Waals surface area contributed by atoms with Crippen molar-refractivity contribution in [3.63, 3.8) is 0 Å². The number of carbonyl (C=O) groups excluding carboxylic acids is 1. The fourth-order valence-electron chi connectivity index (χ4n) is 1.63. The summed E-state index contributed by atoms with van der Waals surface area (Å²) in [5.74, 6) is 0.0158. The number of benzene rings is 1. The summed E-state index contributed by atoms with van der Waals surface area (Å²) < 4.78 is 0. The summed E-state index contributed by atoms with van der Waals surface area (Å²) in [5, 5.41) is 6.16. The van der Waals surface area contributed by atoms with E-state index in [0.29, 0.717) is 0 Å². The molecule has 0 radical (unpaired) electrons. The molecule has 1 atom stereocenters. The zero-order valence-corrected chi connectivity index (χ0v) is 12.0. The fraction of sp³-hybridized carbons (Fsp3) is 0.533. The monoisotopic (exact) mass is 248 g/mol. The highest BCUT2D eigenvalue weighted by molar-refractivity contribution is 5.84. The lowest BCUT2D eigenvalue weighted by Crippen LogP contribution is -2.47. The summed E-state index contributed by atoms with van der Waals surface area (Å²) in [6.07, 6.45) is 1.03. The van der Waals surface area contributed by atoms with Gasteiger partial charge in [0.25, 0.3) is 0 Å². The van der Waals surface area contributed by atoms with Gasteiger partial charge in [-0.3, -0.25) is 4.79 Å². The van der Waals surface area contributed by atoms with Crippen LogP contribution in [0.15, 0.2) is 24.3 Å². The Hall–Kier alpha value is -1.51. The first-order valence-electron chi connectivity index (χ1n) is 6.49. The molecule has 0 saturated heterocycles. The minimum Gasteiger partial charge on any atom is -0.374 e. The molecule has 0 saturated carbocycles. The van der Waals surface area contributed by atoms with Gasteiger partial charge in [-0.05, 0) is 51.8 Å². The average Bonchev–Trinajstić information content (AvgIpc) is 2.27. The van der Waals surface area contributed by atoms with Gasteiger partial charge in [0.15, 0.2) is 0 Å². The lowest BCUT2D eigenvalue weighted by atomic mass is 10.1. The molecule has 3 nitrogen and oxygen atoms in total. The van der Waals surface area contributed by atoms with E-state index in [0.717, 1.165) is 12.1 Å². The standard InChI is InChI=1S/C15H24N2O/c1-6-12-7-9-13(10-8-12)16-11(2)14(18)17-15(3,4)5/h7-11,16H,6H2,1-5H3,(H,17,18). The van der Waals surface area contributed by atoms with Crippen molar-refractivity contribution in [2.75, 3.05) is 5.32 Å². The Balaban J connectivity index is 2.58. The lowest BCUT2D eigenvalue weighted by molar-refractivity contribution is -0.122. The number of amides is 1. The summed E-state index contributed by atoms with van der Waals surface area (Å²) in [7, 11) is 0. The molecule has 1 rings (SSSR count). The Bertz CT molecular complexity index is 390. The Labute approximate surface area is 110 Å². The van der Waals surface area contributed by atoms with Crippen LogP contribution in [0.4, 0.5) is 5.69 Å². The topological polar surface area (TPSA) is 41.1 Å². The molecule has 1 unspecified atom stereocenters. The van der Waals surface area contributed by atoms with Crippen LogP contribution in [-0.2, 0) is 11.2 Å². The number of carbonyl (C=O) groups is 1. The second kappa shape index (κ2) is 5.89. The third kappa shape index (κ3) is 4.78. The zero-order valence-electron chi connectivity index (χ0n) is 12.0. The van der Waals surface area contributed by atoms with Crippen molar-refractivity contribution in [2.24, 2.45) is 0 Å². The summed E-state index contributed by atoms with van der Waals surface area (Å²) in [4.78, 5) is 11.9. The number of rotatable bonds is 4. The second-order valence-corrected chi connectivity index (χ2v) is 5.66. The van der Waals surface area contributed by atoms with Crippen LogP contribution in [0.5, 0.6) is 0 Å². The van der Waals surface area contributed by atoms with E-state index < -0.39 is 0 Å². The van der Waals surface area contributed by atoms with Crippen LogP contribution in [0.1, 0.15) is 40.2 Å². The first-order valence-corrected chi connectivity index (χ1v) is 6.49. The van der Waals surface area contributed by atoms with Crippen LogP contribution < -0.4 is 10.6 Å². The predicted molar refractivity (Wildman–Crippen MR) is 76.8 cm³/mol. The molecule has 0 aliphatic carbocycles. The second-order valence-electron chi connectivity index (χ2n) is 5.66. The van der Waals surface area contributed by atoms with Crippen molar-refractivity contribution in [1.82, 2.24) is 5.32 Å². The largest absolute Gasteiger partial charge is 0.374 e. The zero-order chi connectivity index (χ0) is 13.8. The van der Waals surface area contributed by atoms with Crippen LogP contribution in [0.2, 0.25) is 0 Å². The van der Waals surface area contributed by atoms with Crippen molar-refractivity contribution in [3.8, 4) is 0 Å². The van der Waals surface area contributed by atoms with E-state index in [-0.39, 0.29) is 17.5 Å². The number of hydrogen-bond acceptors (Lipinski definition) is 2. The van der Waals surface area contributed by atoms with Gasteiger partial charge in [-0.25, -0.2) is 0 Å². The Kier molecular flexibility index (Phi) is 4.76. The molecule has 1 aromatic rings. The summed E-state index contributed by atoms with van der Waals surface area (Å²) >= 11 is 0. The highest BCUT2D eigenvalue weighted by Crippen LogP contribution is 2.11. The molecule has 1 aromatic carbocycles. The van der Waals surface area contributed by atoms with E-state index in [1.165, 1.54) is 5.56 Å². The molecule has 0 aliphatic heterocycles. The third-order valence-electron chi connectivity index (χ3n) is 2.64. The van der Waals surface area contributed by atoms with Crippen LogP contribution in [0, 0.1) is 0 Å². The predicted octanol–water partition coefficient (Wildman–Crippen LogP) is 2.96. The maximum atomic E-state index is 11.9. The average molecular weight is 248 g/mol. The molecule has 0 bridgehead atoms. The molecule has 2 N–H and O–H groups in total. The fourth-order valence-corrected chi connectivity index (χ4v) is 1.63. The molecule has 100 valence electrons. The Morgan fingerprint density at radius 1 is 1.22 bits per heavy atom. The smallest absolute Gasteiger partial charge is 0.242 e. The molecule has 18 heavy (non-hydrogen) atoms. The highest BCUT2D eigenvalue weighted by atomic mass is 16.2. The van der Waals surface area contributed by atoms with E-state index in [9.17, 15) is 4.79 Å². The quantitative estimate of drug-likeness (QED) is 0.860. The molecule has 0 aliphatic rings. The summed E-state index contributed by atoms with van der Waals surface area (Å²) in [5.41, 5.74) is 2.08. The first kappa shape index (κ1) is 14.6. The Morgan fingerprint density at radius 3 is 2.22 bits per heavy atom. The van der Waals surface area contributed by atoms with Crippen molar-refractivity contribution >= 4 is 11.6 Å². The minimum atomic E-state index is -0.239. The van der Waals surface area contributed by atoms with Gasteiger partial charge in [0.2, 0.25) is 5.91 Å². The molecule has 3 heteroatoms. The maximum absolute atomic E-state index is 11.9. The van der Waals surface area contributed by atoms with Gasteiger partial charge in [-0.15, -0.1) is 0 Å². The van der Waals surface area contributed by atoms with Crippen LogP contribution >= 0.6 is 0 Å². The van der Waals surface area contributed by atoms with Gasteiger partial charge in [0.05, 0.1) is 0 Å². The van der Waals surface area contributed by atoms with Gasteiger partial charge in [0.1, 0.15) is 6.04 Å². The van der Waals surface area contributed by atoms with Crippen molar-refractivity contribution in [3.05, 3.63) is 29.8 Å². The summed E-state index contributed by atoms with van der Waals surface area (Å²) in [6, 6.07) is 7.95. The van der Waals surface area contributed by atoms with Crippen molar-refractivity contribution < 1.29 is 4.79 Å². The number of aryl methyl sites for hydroxylation is 1. The minimum absolute atomic E-state index is 0.0158. The normalized spacial score (nSPS) is 12.9. The van der Waals surface area contributed by atoms with Crippen LogP contribution in [0.25, 0.3) is 0 Å². The first-order chi connectivity index (χ1) is 8.31. The summed E-state index contributed by atoms with van der Waals surface area (Å²) in [6.45, 7) is 9.94. The van der Waals surface area contributed by atoms with Crippen molar-refractivity contribution in [2.45, 2.75) is 52.6 Å². The number of anilines is 1. The number of nitrogens with one attached hydrogen (secondary N) is 2. The van der Waals surface area contributed by atoms with E-state index in [4.69, 9.17) is 0 Å². The molecule has 1 amide bonds. The van der Waals surface area contributed by atoms with Gasteiger partial charge in [-0.1, -0.05) is 19.1 Å². The molecular formula is C15H24N2O. The third-order valence-corrected chi connectivity index (χ3v) is 2.64. The number of hydrogen-bond donors (Lipinski definition) is 2. The Morgan fingerprint density at radius 2 is 1.78 bits per heavy atom. The molecule has 0 aromatic heterocycles. The molecule has 0 spiro atoms. The molecule has 0 fully saturated rings. The van der Waals surface area contributed by atoms with E-state index in [2.05, 4.69) is 29.7 Å². The van der Waals surface area contributed by atoms with Crippen LogP contribution in [-0.4, -0.2) is 17.5 Å². The van der Waals surface area contributed by atoms with Gasteiger partial charge in [0, 0.05) is 11.2 Å². The lowest BCUT2D eigenvalue weighted by Gasteiger charge is -2.24. The van der Waals surface area contributed by atoms with E-state index >= 15 is 0 Å². The van der Waals surface area contributed by atoms with Gasteiger partial charge < -0.3 is 10.6 Å². The maximum Gasteiger partial charge on any atom is 0.242 e. The van der Waals surface area contributed by atoms with E-state index in [1.54, 1.807) is 0 Å². The molecule has 0 heterocycles. The van der Waals surface area contributed by atoms with Gasteiger partial charge >= 0.3 is 0 Å². The SMILES string of the molecule is CCc1ccc(NC(C)C(=O)NC(C)(C)C)cc1. The highest BCUT2D eigenvalue weighted by Gasteiger charge is 2.18. The van der Waals surface area contributed by atoms with Gasteiger partial charge in [-0.2, -0.15) is 0 Å². The van der Waals surface area contributed by atoms with Crippen molar-refractivity contribution in [1.29, 1.82) is 0 Å². The molecular weight excluding hydrogens is 224 g/mol.